The number of nitrogens with zero attached hydrogens (tertiary/aromatic N) is 1. The summed E-state index contributed by atoms with van der Waals surface area (Å²) in [6.45, 7) is 2.20. The van der Waals surface area contributed by atoms with Gasteiger partial charge in [-0.1, -0.05) is 0 Å². The number of nitrogens with one attached hydrogen (secondary N) is 3. The van der Waals surface area contributed by atoms with Gasteiger partial charge in [-0.15, -0.1) is 0 Å². The summed E-state index contributed by atoms with van der Waals surface area (Å²) in [5.41, 5.74) is 3.49. The minimum Gasteiger partial charge on any atom is -0.372 e. The molecule has 3 aromatic rings. The van der Waals surface area contributed by atoms with Crippen molar-refractivity contribution in [1.82, 2.24) is 9.97 Å². The summed E-state index contributed by atoms with van der Waals surface area (Å²) in [6.07, 6.45) is 3.78. The summed E-state index contributed by atoms with van der Waals surface area (Å²) in [5, 5.41) is 2.90. The monoisotopic (exact) mass is 336 g/mol. The summed E-state index contributed by atoms with van der Waals surface area (Å²) in [6, 6.07) is 13.1. The van der Waals surface area contributed by atoms with Gasteiger partial charge in [-0.3, -0.25) is 4.79 Å². The lowest BCUT2D eigenvalue weighted by molar-refractivity contribution is 0.102. The van der Waals surface area contributed by atoms with E-state index < -0.39 is 0 Å². The average molecular weight is 336 g/mol. The van der Waals surface area contributed by atoms with E-state index in [1.807, 2.05) is 24.3 Å². The molecule has 1 aromatic heterocycles. The standard InChI is InChI=1S/C19H20N4O2/c24-18(13-4-9-16-17(12-13)22-19(25)21-16)20-14-5-7-15(8-6-14)23-10-2-1-3-11-23/h4-9,12H,1-3,10-11H2,(H,20,24)(H2,21,22,25). The van der Waals surface area contributed by atoms with Gasteiger partial charge in [0, 0.05) is 30.0 Å². The normalized spacial score (nSPS) is 14.6. The average Bonchev–Trinajstić information content (AvgIpc) is 3.02. The lowest BCUT2D eigenvalue weighted by atomic mass is 10.1. The van der Waals surface area contributed by atoms with Crippen LogP contribution in [0.1, 0.15) is 29.6 Å². The molecule has 0 unspecified atom stereocenters. The van der Waals surface area contributed by atoms with Crippen LogP contribution >= 0.6 is 0 Å². The van der Waals surface area contributed by atoms with Crippen LogP contribution in [-0.4, -0.2) is 29.0 Å². The zero-order valence-electron chi connectivity index (χ0n) is 13.8. The third kappa shape index (κ3) is 3.28. The molecule has 2 heterocycles. The van der Waals surface area contributed by atoms with E-state index in [0.29, 0.717) is 16.6 Å². The van der Waals surface area contributed by atoms with Gasteiger partial charge in [-0.25, -0.2) is 4.79 Å². The molecular weight excluding hydrogens is 316 g/mol. The molecule has 0 aliphatic carbocycles. The van der Waals surface area contributed by atoms with E-state index in [1.54, 1.807) is 18.2 Å². The Kier molecular flexibility index (Phi) is 4.01. The van der Waals surface area contributed by atoms with Gasteiger partial charge in [0.15, 0.2) is 0 Å². The number of hydrogen-bond donors (Lipinski definition) is 3. The van der Waals surface area contributed by atoms with Crippen molar-refractivity contribution < 1.29 is 4.79 Å². The van der Waals surface area contributed by atoms with Crippen LogP contribution in [0.4, 0.5) is 11.4 Å². The lowest BCUT2D eigenvalue weighted by Crippen LogP contribution is -2.29. The van der Waals surface area contributed by atoms with E-state index in [4.69, 9.17) is 0 Å². The highest BCUT2D eigenvalue weighted by atomic mass is 16.2. The van der Waals surface area contributed by atoms with Crippen LogP contribution in [0.5, 0.6) is 0 Å². The number of aromatic nitrogens is 2. The van der Waals surface area contributed by atoms with Crippen molar-refractivity contribution in [2.24, 2.45) is 0 Å². The van der Waals surface area contributed by atoms with Crippen molar-refractivity contribution in [3.05, 3.63) is 58.5 Å². The Labute approximate surface area is 144 Å². The number of carbonyl (C=O) groups excluding carboxylic acids is 1. The van der Waals surface area contributed by atoms with E-state index in [2.05, 4.69) is 20.2 Å². The molecule has 1 fully saturated rings. The second-order valence-corrected chi connectivity index (χ2v) is 6.39. The molecule has 25 heavy (non-hydrogen) atoms. The first-order valence-electron chi connectivity index (χ1n) is 8.57. The van der Waals surface area contributed by atoms with E-state index in [0.717, 1.165) is 18.8 Å². The summed E-state index contributed by atoms with van der Waals surface area (Å²) >= 11 is 0. The summed E-state index contributed by atoms with van der Waals surface area (Å²) < 4.78 is 0. The minimum atomic E-state index is -0.277. The lowest BCUT2D eigenvalue weighted by Gasteiger charge is -2.28. The van der Waals surface area contributed by atoms with Crippen LogP contribution in [0.15, 0.2) is 47.3 Å². The Balaban J connectivity index is 1.48. The third-order valence-electron chi connectivity index (χ3n) is 4.62. The van der Waals surface area contributed by atoms with Crippen LogP contribution in [0.25, 0.3) is 11.0 Å². The van der Waals surface area contributed by atoms with Gasteiger partial charge in [-0.2, -0.15) is 0 Å². The minimum absolute atomic E-state index is 0.199. The molecule has 0 saturated carbocycles. The summed E-state index contributed by atoms with van der Waals surface area (Å²) in [4.78, 5) is 31.4. The Hall–Kier alpha value is -3.02. The van der Waals surface area contributed by atoms with Gasteiger partial charge in [0.1, 0.15) is 0 Å². The van der Waals surface area contributed by atoms with Crippen molar-refractivity contribution in [1.29, 1.82) is 0 Å². The highest BCUT2D eigenvalue weighted by Gasteiger charge is 2.12. The molecule has 1 saturated heterocycles. The second kappa shape index (κ2) is 6.47. The van der Waals surface area contributed by atoms with Crippen molar-refractivity contribution in [2.75, 3.05) is 23.3 Å². The second-order valence-electron chi connectivity index (χ2n) is 6.39. The van der Waals surface area contributed by atoms with Crippen molar-refractivity contribution in [3.63, 3.8) is 0 Å². The largest absolute Gasteiger partial charge is 0.372 e. The van der Waals surface area contributed by atoms with Crippen LogP contribution in [-0.2, 0) is 0 Å². The molecule has 0 radical (unpaired) electrons. The molecule has 6 heteroatoms. The van der Waals surface area contributed by atoms with E-state index in [-0.39, 0.29) is 11.6 Å². The van der Waals surface area contributed by atoms with Crippen molar-refractivity contribution in [2.45, 2.75) is 19.3 Å². The molecule has 3 N–H and O–H groups in total. The topological polar surface area (TPSA) is 81.0 Å². The van der Waals surface area contributed by atoms with Crippen LogP contribution in [0.3, 0.4) is 0 Å². The molecule has 1 amide bonds. The Morgan fingerprint density at radius 1 is 0.920 bits per heavy atom. The number of imidazole rings is 1. The zero-order chi connectivity index (χ0) is 17.2. The fraction of sp³-hybridized carbons (Fsp3) is 0.263. The highest BCUT2D eigenvalue weighted by Crippen LogP contribution is 2.22. The van der Waals surface area contributed by atoms with Crippen molar-refractivity contribution >= 4 is 28.3 Å². The maximum absolute atomic E-state index is 12.4. The number of benzene rings is 2. The molecule has 1 aliphatic rings. The smallest absolute Gasteiger partial charge is 0.323 e. The van der Waals surface area contributed by atoms with Gasteiger partial charge in [0.25, 0.3) is 5.91 Å². The van der Waals surface area contributed by atoms with E-state index >= 15 is 0 Å². The molecular formula is C19H20N4O2. The SMILES string of the molecule is O=C(Nc1ccc(N2CCCCC2)cc1)c1ccc2[nH]c(=O)[nH]c2c1. The van der Waals surface area contributed by atoms with Crippen LogP contribution < -0.4 is 15.9 Å². The zero-order valence-corrected chi connectivity index (χ0v) is 13.8. The van der Waals surface area contributed by atoms with Gasteiger partial charge < -0.3 is 20.2 Å². The van der Waals surface area contributed by atoms with Gasteiger partial charge in [-0.05, 0) is 61.7 Å². The van der Waals surface area contributed by atoms with Crippen molar-refractivity contribution in [3.8, 4) is 0 Å². The van der Waals surface area contributed by atoms with Gasteiger partial charge >= 0.3 is 5.69 Å². The van der Waals surface area contributed by atoms with Crippen LogP contribution in [0.2, 0.25) is 0 Å². The number of fused-ring (bicyclic) bond motifs is 1. The molecule has 6 nitrogen and oxygen atoms in total. The Morgan fingerprint density at radius 2 is 1.64 bits per heavy atom. The predicted molar refractivity (Wildman–Crippen MR) is 99.4 cm³/mol. The maximum Gasteiger partial charge on any atom is 0.323 e. The Morgan fingerprint density at radius 3 is 2.40 bits per heavy atom. The van der Waals surface area contributed by atoms with Gasteiger partial charge in [0.2, 0.25) is 0 Å². The van der Waals surface area contributed by atoms with Crippen LogP contribution in [0, 0.1) is 0 Å². The molecule has 0 atom stereocenters. The molecule has 4 rings (SSSR count). The predicted octanol–water partition coefficient (Wildman–Crippen LogP) is 3.10. The third-order valence-corrected chi connectivity index (χ3v) is 4.62. The first kappa shape index (κ1) is 15.5. The molecule has 0 bridgehead atoms. The first-order chi connectivity index (χ1) is 12.2. The molecule has 0 spiro atoms. The van der Waals surface area contributed by atoms with Gasteiger partial charge in [0.05, 0.1) is 11.0 Å². The molecule has 128 valence electrons. The number of H-pyrrole nitrogens is 2. The Bertz CT molecular complexity index is 949. The first-order valence-corrected chi connectivity index (χ1v) is 8.57. The number of anilines is 2. The number of amides is 1. The fourth-order valence-electron chi connectivity index (χ4n) is 3.28. The van der Waals surface area contributed by atoms with E-state index in [9.17, 15) is 9.59 Å². The number of carbonyl (C=O) groups is 1. The summed E-state index contributed by atoms with van der Waals surface area (Å²) in [7, 11) is 0. The van der Waals surface area contributed by atoms with E-state index in [1.165, 1.54) is 24.9 Å². The number of rotatable bonds is 3. The molecule has 2 aromatic carbocycles. The number of piperidine rings is 1. The molecule has 1 aliphatic heterocycles. The number of hydrogen-bond acceptors (Lipinski definition) is 3. The fourth-order valence-corrected chi connectivity index (χ4v) is 3.28. The maximum atomic E-state index is 12.4. The highest BCUT2D eigenvalue weighted by molar-refractivity contribution is 6.05. The summed E-state index contributed by atoms with van der Waals surface area (Å²) in [5.74, 6) is -0.199. The number of aromatic amines is 2. The quantitative estimate of drug-likeness (QED) is 0.687.